The van der Waals surface area contributed by atoms with E-state index in [1.54, 1.807) is 6.92 Å². The molecular weight excluding hydrogens is 206 g/mol. The number of halogens is 1. The molecule has 0 fully saturated rings. The smallest absolute Gasteiger partial charge is 0.307 e. The molecule has 80 valence electrons. The van der Waals surface area contributed by atoms with Crippen molar-refractivity contribution in [3.8, 4) is 0 Å². The van der Waals surface area contributed by atoms with E-state index in [2.05, 4.69) is 11.9 Å². The van der Waals surface area contributed by atoms with Crippen molar-refractivity contribution in [2.45, 2.75) is 13.8 Å². The Hall–Kier alpha value is -1.03. The predicted molar refractivity (Wildman–Crippen MR) is 54.0 cm³/mol. The Balaban J connectivity index is 4.11. The molecule has 0 bridgehead atoms. The van der Waals surface area contributed by atoms with Gasteiger partial charge in [-0.2, -0.15) is 0 Å². The van der Waals surface area contributed by atoms with Gasteiger partial charge in [-0.15, -0.1) is 0 Å². The topological polar surface area (TPSA) is 66.4 Å². The first kappa shape index (κ1) is 13.0. The number of hydrogen-bond donors (Lipinski definition) is 2. The summed E-state index contributed by atoms with van der Waals surface area (Å²) < 4.78 is 0. The third-order valence-corrected chi connectivity index (χ3v) is 2.14. The highest BCUT2D eigenvalue weighted by atomic mass is 35.5. The molecule has 0 aromatic rings. The normalized spacial score (nSPS) is 14.2. The van der Waals surface area contributed by atoms with Crippen molar-refractivity contribution in [3.05, 3.63) is 11.6 Å². The Labute approximate surface area is 87.9 Å². The second-order valence-electron chi connectivity index (χ2n) is 3.15. The molecule has 0 radical (unpaired) electrons. The maximum absolute atomic E-state index is 11.3. The second-order valence-corrected chi connectivity index (χ2v) is 3.69. The average molecular weight is 220 g/mol. The van der Waals surface area contributed by atoms with Crippen LogP contribution in [-0.2, 0) is 9.59 Å². The number of carbonyl (C=O) groups excluding carboxylic acids is 1. The van der Waals surface area contributed by atoms with Crippen molar-refractivity contribution < 1.29 is 14.7 Å². The maximum Gasteiger partial charge on any atom is 0.307 e. The van der Waals surface area contributed by atoms with Crippen molar-refractivity contribution in [2.24, 2.45) is 11.8 Å². The average Bonchev–Trinajstić information content (AvgIpc) is 2.11. The van der Waals surface area contributed by atoms with Gasteiger partial charge in [-0.05, 0) is 0 Å². The Morgan fingerprint density at radius 3 is 2.29 bits per heavy atom. The number of aliphatic carboxylic acids is 1. The van der Waals surface area contributed by atoms with Crippen LogP contribution in [0.1, 0.15) is 13.8 Å². The molecule has 2 unspecified atom stereocenters. The summed E-state index contributed by atoms with van der Waals surface area (Å²) in [7, 11) is 0. The third kappa shape index (κ3) is 4.28. The van der Waals surface area contributed by atoms with Gasteiger partial charge in [0.05, 0.1) is 12.5 Å². The minimum atomic E-state index is -0.989. The summed E-state index contributed by atoms with van der Waals surface area (Å²) in [6.45, 7) is 6.61. The molecule has 0 heterocycles. The van der Waals surface area contributed by atoms with E-state index in [1.807, 2.05) is 0 Å². The molecule has 2 N–H and O–H groups in total. The molecule has 4 nitrogen and oxygen atoms in total. The molecule has 14 heavy (non-hydrogen) atoms. The van der Waals surface area contributed by atoms with E-state index in [9.17, 15) is 9.59 Å². The van der Waals surface area contributed by atoms with Gasteiger partial charge in [0.2, 0.25) is 5.91 Å². The number of nitrogens with one attached hydrogen (secondary N) is 1. The van der Waals surface area contributed by atoms with Crippen molar-refractivity contribution >= 4 is 23.5 Å². The first-order valence-electron chi connectivity index (χ1n) is 4.20. The van der Waals surface area contributed by atoms with E-state index >= 15 is 0 Å². The summed E-state index contributed by atoms with van der Waals surface area (Å²) in [5, 5.41) is 11.5. The Morgan fingerprint density at radius 2 is 1.93 bits per heavy atom. The Morgan fingerprint density at radius 1 is 1.43 bits per heavy atom. The summed E-state index contributed by atoms with van der Waals surface area (Å²) >= 11 is 5.44. The van der Waals surface area contributed by atoms with Crippen molar-refractivity contribution in [2.75, 3.05) is 6.54 Å². The van der Waals surface area contributed by atoms with E-state index < -0.39 is 17.8 Å². The summed E-state index contributed by atoms with van der Waals surface area (Å²) in [5.41, 5.74) is 0. The summed E-state index contributed by atoms with van der Waals surface area (Å²) in [4.78, 5) is 21.9. The largest absolute Gasteiger partial charge is 0.481 e. The predicted octanol–water partition coefficient (Wildman–Crippen LogP) is 1.21. The molecule has 0 aromatic carbocycles. The third-order valence-electron chi connectivity index (χ3n) is 2.01. The molecule has 0 aromatic heterocycles. The molecular formula is C9H14ClNO3. The van der Waals surface area contributed by atoms with Crippen LogP contribution in [0, 0.1) is 11.8 Å². The van der Waals surface area contributed by atoms with Gasteiger partial charge in [-0.25, -0.2) is 0 Å². The van der Waals surface area contributed by atoms with E-state index in [0.717, 1.165) is 0 Å². The second kappa shape index (κ2) is 5.65. The van der Waals surface area contributed by atoms with E-state index in [0.29, 0.717) is 5.03 Å². The van der Waals surface area contributed by atoms with E-state index in [1.165, 1.54) is 6.92 Å². The van der Waals surface area contributed by atoms with Crippen LogP contribution in [0.15, 0.2) is 11.6 Å². The quantitative estimate of drug-likeness (QED) is 0.731. The number of carboxylic acid groups (broad SMARTS) is 1. The molecule has 1 amide bonds. The first-order chi connectivity index (χ1) is 6.36. The summed E-state index contributed by atoms with van der Waals surface area (Å²) in [6, 6.07) is 0. The lowest BCUT2D eigenvalue weighted by Crippen LogP contribution is -2.35. The van der Waals surface area contributed by atoms with Gasteiger partial charge >= 0.3 is 5.97 Å². The number of rotatable bonds is 5. The standard InChI is InChI=1S/C9H14ClNO3/c1-5(10)4-11-8(12)6(2)7(3)9(13)14/h6-7H,1,4H2,2-3H3,(H,11,12)(H,13,14). The number of amides is 1. The molecule has 0 aliphatic carbocycles. The molecule has 0 saturated carbocycles. The molecule has 5 heteroatoms. The van der Waals surface area contributed by atoms with Crippen molar-refractivity contribution in [3.63, 3.8) is 0 Å². The monoisotopic (exact) mass is 219 g/mol. The zero-order valence-electron chi connectivity index (χ0n) is 8.21. The van der Waals surface area contributed by atoms with Crippen LogP contribution in [0.25, 0.3) is 0 Å². The van der Waals surface area contributed by atoms with E-state index in [4.69, 9.17) is 16.7 Å². The zero-order chi connectivity index (χ0) is 11.3. The van der Waals surface area contributed by atoms with Crippen LogP contribution in [0.3, 0.4) is 0 Å². The minimum Gasteiger partial charge on any atom is -0.481 e. The fourth-order valence-electron chi connectivity index (χ4n) is 0.785. The highest BCUT2D eigenvalue weighted by Gasteiger charge is 2.25. The minimum absolute atomic E-state index is 0.164. The fourth-order valence-corrected chi connectivity index (χ4v) is 0.852. The van der Waals surface area contributed by atoms with Crippen LogP contribution < -0.4 is 5.32 Å². The molecule has 0 spiro atoms. The lowest BCUT2D eigenvalue weighted by atomic mass is 9.95. The SMILES string of the molecule is C=C(Cl)CNC(=O)C(C)C(C)C(=O)O. The van der Waals surface area contributed by atoms with Crippen LogP contribution >= 0.6 is 11.6 Å². The van der Waals surface area contributed by atoms with Crippen LogP contribution in [-0.4, -0.2) is 23.5 Å². The molecule has 0 aliphatic heterocycles. The molecule has 0 saturated heterocycles. The van der Waals surface area contributed by atoms with Gasteiger partial charge in [0.15, 0.2) is 0 Å². The van der Waals surface area contributed by atoms with Gasteiger partial charge < -0.3 is 10.4 Å². The van der Waals surface area contributed by atoms with Crippen LogP contribution in [0.5, 0.6) is 0 Å². The first-order valence-corrected chi connectivity index (χ1v) is 4.57. The molecule has 0 aliphatic rings. The van der Waals surface area contributed by atoms with Crippen molar-refractivity contribution in [1.29, 1.82) is 0 Å². The molecule has 2 atom stereocenters. The fraction of sp³-hybridized carbons (Fsp3) is 0.556. The van der Waals surface area contributed by atoms with Gasteiger partial charge in [0.25, 0.3) is 0 Å². The highest BCUT2D eigenvalue weighted by Crippen LogP contribution is 2.11. The number of hydrogen-bond acceptors (Lipinski definition) is 2. The van der Waals surface area contributed by atoms with Gasteiger partial charge in [0, 0.05) is 11.0 Å². The Bertz CT molecular complexity index is 252. The lowest BCUT2D eigenvalue weighted by Gasteiger charge is -2.15. The zero-order valence-corrected chi connectivity index (χ0v) is 8.97. The van der Waals surface area contributed by atoms with E-state index in [-0.39, 0.29) is 12.5 Å². The maximum atomic E-state index is 11.3. The summed E-state index contributed by atoms with van der Waals surface area (Å²) in [5.74, 6) is -2.61. The van der Waals surface area contributed by atoms with Crippen molar-refractivity contribution in [1.82, 2.24) is 5.32 Å². The van der Waals surface area contributed by atoms with Gasteiger partial charge in [0.1, 0.15) is 0 Å². The molecule has 0 rings (SSSR count). The number of carbonyl (C=O) groups is 2. The van der Waals surface area contributed by atoms with Crippen LogP contribution in [0.4, 0.5) is 0 Å². The van der Waals surface area contributed by atoms with Gasteiger partial charge in [-0.3, -0.25) is 9.59 Å². The highest BCUT2D eigenvalue weighted by molar-refractivity contribution is 6.29. The summed E-state index contributed by atoms with van der Waals surface area (Å²) in [6.07, 6.45) is 0. The van der Waals surface area contributed by atoms with Gasteiger partial charge in [-0.1, -0.05) is 32.0 Å². The number of carboxylic acids is 1. The Kier molecular flexibility index (Phi) is 5.23. The lowest BCUT2D eigenvalue weighted by molar-refractivity contribution is -0.146. The van der Waals surface area contributed by atoms with Crippen LogP contribution in [0.2, 0.25) is 0 Å².